The first-order valence-electron chi connectivity index (χ1n) is 9.00. The van der Waals surface area contributed by atoms with Gasteiger partial charge < -0.3 is 20.3 Å². The summed E-state index contributed by atoms with van der Waals surface area (Å²) < 4.78 is 5.36. The Morgan fingerprint density at radius 3 is 2.44 bits per heavy atom. The smallest absolute Gasteiger partial charge is 0.191 e. The van der Waals surface area contributed by atoms with Gasteiger partial charge in [0, 0.05) is 13.1 Å². The second-order valence-corrected chi connectivity index (χ2v) is 6.32. The lowest BCUT2D eigenvalue weighted by molar-refractivity contribution is 0.297. The molecule has 0 saturated carbocycles. The van der Waals surface area contributed by atoms with Gasteiger partial charge in [-0.1, -0.05) is 42.5 Å². The molecule has 27 heavy (non-hydrogen) atoms. The summed E-state index contributed by atoms with van der Waals surface area (Å²) in [7, 11) is 5.86. The molecule has 2 rings (SSSR count). The number of guanidine groups is 1. The molecule has 2 N–H and O–H groups in total. The number of nitrogens with one attached hydrogen (secondary N) is 2. The number of hydrogen-bond donors (Lipinski definition) is 2. The fourth-order valence-electron chi connectivity index (χ4n) is 2.74. The number of hydrogen-bond acceptors (Lipinski definition) is 3. The number of nitrogens with zero attached hydrogens (tertiary/aromatic N) is 2. The summed E-state index contributed by atoms with van der Waals surface area (Å²) in [6.07, 6.45) is 0. The van der Waals surface area contributed by atoms with Crippen LogP contribution < -0.4 is 15.4 Å². The van der Waals surface area contributed by atoms with E-state index in [9.17, 15) is 0 Å². The highest BCUT2D eigenvalue weighted by molar-refractivity contribution is 14.0. The molecule has 0 spiro atoms. The van der Waals surface area contributed by atoms with Crippen LogP contribution in [-0.2, 0) is 6.54 Å². The van der Waals surface area contributed by atoms with Gasteiger partial charge in [0.15, 0.2) is 5.96 Å². The van der Waals surface area contributed by atoms with E-state index in [0.717, 1.165) is 24.8 Å². The van der Waals surface area contributed by atoms with E-state index in [0.29, 0.717) is 6.54 Å². The summed E-state index contributed by atoms with van der Waals surface area (Å²) >= 11 is 0. The van der Waals surface area contributed by atoms with E-state index < -0.39 is 0 Å². The predicted octanol–water partition coefficient (Wildman–Crippen LogP) is 3.67. The first kappa shape index (κ1) is 23.2. The van der Waals surface area contributed by atoms with Crippen molar-refractivity contribution >= 4 is 29.9 Å². The van der Waals surface area contributed by atoms with E-state index in [2.05, 4.69) is 60.8 Å². The van der Waals surface area contributed by atoms with E-state index in [1.807, 2.05) is 30.3 Å². The molecule has 0 fully saturated rings. The molecular formula is C21H31IN4O. The minimum absolute atomic E-state index is 0. The van der Waals surface area contributed by atoms with Crippen molar-refractivity contribution in [1.29, 1.82) is 0 Å². The van der Waals surface area contributed by atoms with Crippen LogP contribution in [0.4, 0.5) is 0 Å². The van der Waals surface area contributed by atoms with E-state index in [1.54, 1.807) is 7.11 Å². The Morgan fingerprint density at radius 1 is 1.07 bits per heavy atom. The Balaban J connectivity index is 0.00000364. The van der Waals surface area contributed by atoms with E-state index in [-0.39, 0.29) is 30.0 Å². The average Bonchev–Trinajstić information content (AvgIpc) is 2.67. The largest absolute Gasteiger partial charge is 0.497 e. The summed E-state index contributed by atoms with van der Waals surface area (Å²) in [6, 6.07) is 18.7. The van der Waals surface area contributed by atoms with Crippen LogP contribution >= 0.6 is 24.0 Å². The van der Waals surface area contributed by atoms with Crippen LogP contribution in [0.15, 0.2) is 59.6 Å². The van der Waals surface area contributed by atoms with Crippen LogP contribution in [0, 0.1) is 0 Å². The Bertz CT molecular complexity index is 692. The molecule has 0 amide bonds. The molecule has 0 aliphatic rings. The Morgan fingerprint density at radius 2 is 1.81 bits per heavy atom. The van der Waals surface area contributed by atoms with Gasteiger partial charge in [-0.3, -0.25) is 0 Å². The highest BCUT2D eigenvalue weighted by Crippen LogP contribution is 2.22. The molecule has 1 atom stereocenters. The van der Waals surface area contributed by atoms with Gasteiger partial charge in [-0.15, -0.1) is 24.0 Å². The molecule has 0 aromatic heterocycles. The third-order valence-corrected chi connectivity index (χ3v) is 4.17. The lowest BCUT2D eigenvalue weighted by Gasteiger charge is -2.26. The van der Waals surface area contributed by atoms with Gasteiger partial charge in [0.1, 0.15) is 5.75 Å². The molecule has 2 aromatic carbocycles. The van der Waals surface area contributed by atoms with Crippen molar-refractivity contribution in [1.82, 2.24) is 15.5 Å². The maximum atomic E-state index is 5.36. The molecule has 0 bridgehead atoms. The molecule has 148 valence electrons. The minimum Gasteiger partial charge on any atom is -0.497 e. The van der Waals surface area contributed by atoms with Crippen LogP contribution in [0.2, 0.25) is 0 Å². The van der Waals surface area contributed by atoms with Gasteiger partial charge in [0.05, 0.1) is 19.7 Å². The molecule has 0 aliphatic carbocycles. The number of benzene rings is 2. The molecule has 6 heteroatoms. The van der Waals surface area contributed by atoms with Gasteiger partial charge >= 0.3 is 0 Å². The lowest BCUT2D eigenvalue weighted by Crippen LogP contribution is -2.41. The molecule has 0 heterocycles. The maximum absolute atomic E-state index is 5.36. The van der Waals surface area contributed by atoms with Crippen molar-refractivity contribution in [3.05, 3.63) is 65.7 Å². The third-order valence-electron chi connectivity index (χ3n) is 4.17. The number of ether oxygens (including phenoxy) is 1. The average molecular weight is 482 g/mol. The highest BCUT2D eigenvalue weighted by atomic mass is 127. The fourth-order valence-corrected chi connectivity index (χ4v) is 2.74. The maximum Gasteiger partial charge on any atom is 0.191 e. The minimum atomic E-state index is 0. The first-order valence-corrected chi connectivity index (χ1v) is 9.00. The standard InChI is InChI=1S/C21H30N4O.HI/c1-5-22-21(23-15-17-10-7-6-8-11-17)24-16-20(25(2)3)18-12-9-13-19(14-18)26-4;/h6-14,20H,5,15-16H2,1-4H3,(H2,22,23,24);1H. The van der Waals surface area contributed by atoms with Crippen molar-refractivity contribution in [3.63, 3.8) is 0 Å². The van der Waals surface area contributed by atoms with Crippen LogP contribution in [0.3, 0.4) is 0 Å². The molecule has 0 aliphatic heterocycles. The van der Waals surface area contributed by atoms with Crippen molar-refractivity contribution in [2.75, 3.05) is 34.3 Å². The van der Waals surface area contributed by atoms with Crippen molar-refractivity contribution in [3.8, 4) is 5.75 Å². The van der Waals surface area contributed by atoms with E-state index >= 15 is 0 Å². The summed E-state index contributed by atoms with van der Waals surface area (Å²) in [6.45, 7) is 4.31. The number of rotatable bonds is 8. The summed E-state index contributed by atoms with van der Waals surface area (Å²) in [5.74, 6) is 1.70. The topological polar surface area (TPSA) is 48.9 Å². The fraction of sp³-hybridized carbons (Fsp3) is 0.381. The molecule has 0 saturated heterocycles. The monoisotopic (exact) mass is 482 g/mol. The Kier molecular flexibility index (Phi) is 10.8. The van der Waals surface area contributed by atoms with E-state index in [4.69, 9.17) is 9.73 Å². The molecular weight excluding hydrogens is 451 g/mol. The number of methoxy groups -OCH3 is 1. The van der Waals surface area contributed by atoms with Crippen LogP contribution in [0.25, 0.3) is 0 Å². The van der Waals surface area contributed by atoms with Crippen molar-refractivity contribution < 1.29 is 4.74 Å². The zero-order chi connectivity index (χ0) is 18.8. The number of likely N-dealkylation sites (N-methyl/N-ethyl adjacent to an activating group) is 1. The van der Waals surface area contributed by atoms with Crippen LogP contribution in [0.1, 0.15) is 24.1 Å². The van der Waals surface area contributed by atoms with Gasteiger partial charge in [-0.2, -0.15) is 0 Å². The van der Waals surface area contributed by atoms with Crippen molar-refractivity contribution in [2.24, 2.45) is 4.99 Å². The first-order chi connectivity index (χ1) is 12.6. The number of halogens is 1. The molecule has 0 radical (unpaired) electrons. The quantitative estimate of drug-likeness (QED) is 0.343. The zero-order valence-electron chi connectivity index (χ0n) is 16.6. The van der Waals surface area contributed by atoms with E-state index in [1.165, 1.54) is 11.1 Å². The van der Waals surface area contributed by atoms with Gasteiger partial charge in [0.2, 0.25) is 0 Å². The second kappa shape index (κ2) is 12.6. The Hall–Kier alpha value is -1.80. The zero-order valence-corrected chi connectivity index (χ0v) is 18.9. The summed E-state index contributed by atoms with van der Waals surface area (Å²) in [5, 5.41) is 6.78. The second-order valence-electron chi connectivity index (χ2n) is 6.32. The SMILES string of the molecule is CCNC(=NCc1ccccc1)NCC(c1cccc(OC)c1)N(C)C.I. The lowest BCUT2D eigenvalue weighted by atomic mass is 10.1. The van der Waals surface area contributed by atoms with Gasteiger partial charge in [0.25, 0.3) is 0 Å². The molecule has 1 unspecified atom stereocenters. The van der Waals surface area contributed by atoms with Gasteiger partial charge in [-0.05, 0) is 44.3 Å². The van der Waals surface area contributed by atoms with Crippen LogP contribution in [0.5, 0.6) is 5.75 Å². The molecule has 5 nitrogen and oxygen atoms in total. The number of aliphatic imine (C=N–C) groups is 1. The highest BCUT2D eigenvalue weighted by Gasteiger charge is 2.15. The van der Waals surface area contributed by atoms with Crippen LogP contribution in [-0.4, -0.2) is 45.2 Å². The summed E-state index contributed by atoms with van der Waals surface area (Å²) in [5.41, 5.74) is 2.41. The summed E-state index contributed by atoms with van der Waals surface area (Å²) in [4.78, 5) is 6.89. The molecule has 2 aromatic rings. The third kappa shape index (κ3) is 7.76. The van der Waals surface area contributed by atoms with Gasteiger partial charge in [-0.25, -0.2) is 4.99 Å². The normalized spacial score (nSPS) is 12.3. The Labute approximate surface area is 180 Å². The predicted molar refractivity (Wildman–Crippen MR) is 124 cm³/mol. The van der Waals surface area contributed by atoms with Crippen molar-refractivity contribution in [2.45, 2.75) is 19.5 Å².